The van der Waals surface area contributed by atoms with E-state index in [-0.39, 0.29) is 24.6 Å². The maximum Gasteiger partial charge on any atom is 0.342 e. The van der Waals surface area contributed by atoms with Gasteiger partial charge < -0.3 is 14.0 Å². The largest absolute Gasteiger partial charge is 0.488 e. The molecule has 0 unspecified atom stereocenters. The zero-order valence-corrected chi connectivity index (χ0v) is 17.4. The maximum atomic E-state index is 12.8. The molecule has 1 heterocycles. The van der Waals surface area contributed by atoms with Crippen LogP contribution in [0.5, 0.6) is 5.75 Å². The first kappa shape index (κ1) is 20.6. The summed E-state index contributed by atoms with van der Waals surface area (Å²) in [6.07, 6.45) is 0. The molecule has 0 aliphatic rings. The predicted molar refractivity (Wildman–Crippen MR) is 109 cm³/mol. The molecule has 6 heteroatoms. The van der Waals surface area contributed by atoms with Gasteiger partial charge in [-0.1, -0.05) is 50.2 Å². The van der Waals surface area contributed by atoms with Gasteiger partial charge in [0.1, 0.15) is 23.7 Å². The average Bonchev–Trinajstić information content (AvgIpc) is 3.00. The van der Waals surface area contributed by atoms with E-state index < -0.39 is 11.4 Å². The van der Waals surface area contributed by atoms with Crippen LogP contribution in [0.1, 0.15) is 48.1 Å². The summed E-state index contributed by atoms with van der Waals surface area (Å²) in [6.45, 7) is 8.94. The third-order valence-corrected chi connectivity index (χ3v) is 4.79. The fourth-order valence-corrected chi connectivity index (χ4v) is 2.78. The molecular formula is C23H25NO5. The zero-order valence-electron chi connectivity index (χ0n) is 17.4. The Bertz CT molecular complexity index is 1040. The Kier molecular flexibility index (Phi) is 5.73. The lowest BCUT2D eigenvalue weighted by Crippen LogP contribution is -2.26. The third kappa shape index (κ3) is 4.65. The first-order chi connectivity index (χ1) is 13.7. The Morgan fingerprint density at radius 2 is 1.72 bits per heavy atom. The monoisotopic (exact) mass is 395 g/mol. The second-order valence-electron chi connectivity index (χ2n) is 8.04. The molecule has 0 amide bonds. The van der Waals surface area contributed by atoms with Crippen LogP contribution in [0.15, 0.2) is 40.9 Å². The van der Waals surface area contributed by atoms with Crippen molar-refractivity contribution < 1.29 is 23.6 Å². The van der Waals surface area contributed by atoms with Gasteiger partial charge in [-0.2, -0.15) is 0 Å². The van der Waals surface area contributed by atoms with Crippen molar-refractivity contribution in [3.8, 4) is 5.75 Å². The van der Waals surface area contributed by atoms with Gasteiger partial charge in [0, 0.05) is 5.41 Å². The first-order valence-electron chi connectivity index (χ1n) is 9.44. The van der Waals surface area contributed by atoms with Crippen LogP contribution in [0, 0.1) is 19.3 Å². The van der Waals surface area contributed by atoms with Crippen molar-refractivity contribution in [2.45, 2.75) is 41.2 Å². The predicted octanol–water partition coefficient (Wildman–Crippen LogP) is 4.80. The van der Waals surface area contributed by atoms with E-state index in [1.165, 1.54) is 0 Å². The van der Waals surface area contributed by atoms with Crippen LogP contribution in [0.2, 0.25) is 0 Å². The van der Waals surface area contributed by atoms with Crippen molar-refractivity contribution in [3.63, 3.8) is 0 Å². The number of carbonyl (C=O) groups is 2. The second-order valence-corrected chi connectivity index (χ2v) is 8.04. The van der Waals surface area contributed by atoms with Crippen molar-refractivity contribution in [3.05, 3.63) is 59.0 Å². The van der Waals surface area contributed by atoms with Gasteiger partial charge in [-0.25, -0.2) is 4.79 Å². The van der Waals surface area contributed by atoms with Gasteiger partial charge in [-0.05, 0) is 36.8 Å². The van der Waals surface area contributed by atoms with E-state index >= 15 is 0 Å². The summed E-state index contributed by atoms with van der Waals surface area (Å²) >= 11 is 0. The lowest BCUT2D eigenvalue weighted by atomic mass is 9.91. The van der Waals surface area contributed by atoms with Crippen molar-refractivity contribution in [2.24, 2.45) is 5.41 Å². The molecule has 0 saturated carbocycles. The minimum atomic E-state index is -0.595. The van der Waals surface area contributed by atoms with E-state index in [0.717, 1.165) is 22.0 Å². The van der Waals surface area contributed by atoms with E-state index in [9.17, 15) is 9.59 Å². The number of benzene rings is 2. The van der Waals surface area contributed by atoms with Crippen molar-refractivity contribution in [1.29, 1.82) is 0 Å². The molecule has 0 aliphatic carbocycles. The molecule has 29 heavy (non-hydrogen) atoms. The first-order valence-corrected chi connectivity index (χ1v) is 9.44. The summed E-state index contributed by atoms with van der Waals surface area (Å²) in [7, 11) is 0. The number of hydrogen-bond donors (Lipinski definition) is 0. The molecule has 3 rings (SSSR count). The Hall–Kier alpha value is -3.15. The van der Waals surface area contributed by atoms with Crippen molar-refractivity contribution in [1.82, 2.24) is 5.16 Å². The molecule has 0 atom stereocenters. The van der Waals surface area contributed by atoms with Gasteiger partial charge >= 0.3 is 5.97 Å². The standard InChI is InChI=1S/C23H25NO5/c1-14-19(15(2)29-24-14)12-27-20-11-17-9-7-6-8-16(17)10-18(20)22(26)28-13-21(25)23(3,4)5/h6-11H,12-13H2,1-5H3. The van der Waals surface area contributed by atoms with Crippen molar-refractivity contribution in [2.75, 3.05) is 6.61 Å². The van der Waals surface area contributed by atoms with Gasteiger partial charge in [0.05, 0.1) is 11.3 Å². The van der Waals surface area contributed by atoms with Crippen LogP contribution in [0.3, 0.4) is 0 Å². The second kappa shape index (κ2) is 8.07. The highest BCUT2D eigenvalue weighted by molar-refractivity contribution is 5.99. The highest BCUT2D eigenvalue weighted by Crippen LogP contribution is 2.28. The van der Waals surface area contributed by atoms with Gasteiger partial charge in [-0.15, -0.1) is 0 Å². The molecule has 3 aromatic rings. The SMILES string of the molecule is Cc1noc(C)c1COc1cc2ccccc2cc1C(=O)OCC(=O)C(C)(C)C. The van der Waals surface area contributed by atoms with E-state index in [1.807, 2.05) is 38.1 Å². The Morgan fingerprint density at radius 1 is 1.07 bits per heavy atom. The summed E-state index contributed by atoms with van der Waals surface area (Å²) in [5, 5.41) is 5.74. The number of aromatic nitrogens is 1. The molecule has 0 bridgehead atoms. The van der Waals surface area contributed by atoms with E-state index in [1.54, 1.807) is 32.9 Å². The third-order valence-electron chi connectivity index (χ3n) is 4.79. The zero-order chi connectivity index (χ0) is 21.2. The van der Waals surface area contributed by atoms with Gasteiger partial charge in [0.2, 0.25) is 0 Å². The normalized spacial score (nSPS) is 11.5. The Labute approximate surface area is 169 Å². The summed E-state index contributed by atoms with van der Waals surface area (Å²) in [5.41, 5.74) is 1.27. The number of nitrogens with zero attached hydrogens (tertiary/aromatic N) is 1. The van der Waals surface area contributed by atoms with Crippen LogP contribution in [0.25, 0.3) is 10.8 Å². The fraction of sp³-hybridized carbons (Fsp3) is 0.348. The molecule has 0 N–H and O–H groups in total. The Balaban J connectivity index is 1.88. The summed E-state index contributed by atoms with van der Waals surface area (Å²) in [4.78, 5) is 24.9. The molecular weight excluding hydrogens is 370 g/mol. The smallest absolute Gasteiger partial charge is 0.342 e. The lowest BCUT2D eigenvalue weighted by Gasteiger charge is -2.17. The average molecular weight is 395 g/mol. The lowest BCUT2D eigenvalue weighted by molar-refractivity contribution is -0.129. The van der Waals surface area contributed by atoms with E-state index in [0.29, 0.717) is 11.5 Å². The summed E-state index contributed by atoms with van der Waals surface area (Å²) < 4.78 is 16.4. The van der Waals surface area contributed by atoms with E-state index in [4.69, 9.17) is 14.0 Å². The number of rotatable bonds is 6. The van der Waals surface area contributed by atoms with Crippen LogP contribution >= 0.6 is 0 Å². The molecule has 0 fully saturated rings. The number of ether oxygens (including phenoxy) is 2. The number of ketones is 1. The van der Waals surface area contributed by atoms with Gasteiger partial charge in [-0.3, -0.25) is 4.79 Å². The Morgan fingerprint density at radius 3 is 2.31 bits per heavy atom. The number of carbonyl (C=O) groups excluding carboxylic acids is 2. The minimum Gasteiger partial charge on any atom is -0.488 e. The highest BCUT2D eigenvalue weighted by Gasteiger charge is 2.24. The molecule has 1 aromatic heterocycles. The van der Waals surface area contributed by atoms with Crippen LogP contribution in [-0.2, 0) is 16.1 Å². The van der Waals surface area contributed by atoms with Crippen molar-refractivity contribution >= 4 is 22.5 Å². The molecule has 0 aliphatic heterocycles. The van der Waals surface area contributed by atoms with Crippen LogP contribution in [0.4, 0.5) is 0 Å². The molecule has 2 aromatic carbocycles. The molecule has 152 valence electrons. The van der Waals surface area contributed by atoms with Gasteiger partial charge in [0.25, 0.3) is 0 Å². The molecule has 0 spiro atoms. The van der Waals surface area contributed by atoms with Crippen LogP contribution in [-0.4, -0.2) is 23.5 Å². The highest BCUT2D eigenvalue weighted by atomic mass is 16.5. The van der Waals surface area contributed by atoms with E-state index in [2.05, 4.69) is 5.16 Å². The van der Waals surface area contributed by atoms with Gasteiger partial charge in [0.15, 0.2) is 12.4 Å². The number of aryl methyl sites for hydroxylation is 2. The minimum absolute atomic E-state index is 0.148. The fourth-order valence-electron chi connectivity index (χ4n) is 2.78. The van der Waals surface area contributed by atoms with Crippen LogP contribution < -0.4 is 4.74 Å². The molecule has 0 radical (unpaired) electrons. The molecule has 6 nitrogen and oxygen atoms in total. The number of esters is 1. The summed E-state index contributed by atoms with van der Waals surface area (Å²) in [6, 6.07) is 11.2. The topological polar surface area (TPSA) is 78.6 Å². The summed E-state index contributed by atoms with van der Waals surface area (Å²) in [5.74, 6) is 0.312. The maximum absolute atomic E-state index is 12.8. The quantitative estimate of drug-likeness (QED) is 0.558. The number of Topliss-reactive ketones (excluding diaryl/α,β-unsaturated/α-hetero) is 1. The molecule has 0 saturated heterocycles. The number of hydrogen-bond acceptors (Lipinski definition) is 6. The number of fused-ring (bicyclic) bond motifs is 1.